The first kappa shape index (κ1) is 18.0. The molecule has 2 heteroatoms. The van der Waals surface area contributed by atoms with Crippen LogP contribution < -0.4 is 5.30 Å². The van der Waals surface area contributed by atoms with Crippen LogP contribution in [-0.4, -0.2) is 0 Å². The zero-order valence-electron chi connectivity index (χ0n) is 15.8. The molecule has 0 aliphatic heterocycles. The van der Waals surface area contributed by atoms with Gasteiger partial charge < -0.3 is 0 Å². The van der Waals surface area contributed by atoms with Crippen molar-refractivity contribution in [3.8, 4) is 0 Å². The van der Waals surface area contributed by atoms with E-state index in [9.17, 15) is 0 Å². The first-order chi connectivity index (χ1) is 13.3. The molecule has 0 radical (unpaired) electrons. The van der Waals surface area contributed by atoms with Crippen molar-refractivity contribution in [2.45, 2.75) is 33.4 Å². The summed E-state index contributed by atoms with van der Waals surface area (Å²) in [6.45, 7) is 2.44. The topological polar surface area (TPSA) is 0 Å². The Bertz CT molecular complexity index is 938. The summed E-state index contributed by atoms with van der Waals surface area (Å²) in [5.74, 6) is 0.868. The molecule has 0 spiro atoms. The van der Waals surface area contributed by atoms with Crippen molar-refractivity contribution in [3.05, 3.63) is 95.1 Å². The first-order valence-corrected chi connectivity index (χ1v) is 13.9. The Balaban J connectivity index is 1.47. The Morgan fingerprint density at radius 3 is 2.67 bits per heavy atom. The van der Waals surface area contributed by atoms with Crippen LogP contribution in [0.15, 0.2) is 84.0 Å². The second kappa shape index (κ2) is 7.77. The summed E-state index contributed by atoms with van der Waals surface area (Å²) < 4.78 is 1.71. The van der Waals surface area contributed by atoms with E-state index in [0.29, 0.717) is 0 Å². The van der Waals surface area contributed by atoms with Gasteiger partial charge in [-0.05, 0) is 0 Å². The van der Waals surface area contributed by atoms with Crippen molar-refractivity contribution in [1.82, 2.24) is 0 Å². The van der Waals surface area contributed by atoms with Gasteiger partial charge in [-0.2, -0.15) is 0 Å². The molecule has 3 aliphatic carbocycles. The predicted molar refractivity (Wildman–Crippen MR) is 114 cm³/mol. The van der Waals surface area contributed by atoms with E-state index in [1.54, 1.807) is 22.0 Å². The summed E-state index contributed by atoms with van der Waals surface area (Å²) in [5.41, 5.74) is 6.71. The van der Waals surface area contributed by atoms with Crippen molar-refractivity contribution in [3.63, 3.8) is 0 Å². The number of rotatable bonds is 4. The van der Waals surface area contributed by atoms with Crippen LogP contribution in [0.2, 0.25) is 3.63 Å². The molecule has 4 atom stereocenters. The predicted octanol–water partition coefficient (Wildman–Crippen LogP) is 6.64. The molecular weight excluding hydrogens is 422 g/mol. The van der Waals surface area contributed by atoms with Crippen LogP contribution in [0, 0.1) is 5.92 Å². The SMILES string of the molecule is CC1=C(Pc2ccccc2)c2ccccc2[CH]1[Zr][CH]1CCC2CC=CC=C21. The van der Waals surface area contributed by atoms with Gasteiger partial charge in [0.2, 0.25) is 0 Å². The maximum atomic E-state index is 2.47. The molecule has 1 fully saturated rings. The van der Waals surface area contributed by atoms with Gasteiger partial charge in [0.15, 0.2) is 0 Å². The first-order valence-electron chi connectivity index (χ1n) is 10.1. The molecule has 5 rings (SSSR count). The molecule has 2 aromatic rings. The molecule has 134 valence electrons. The van der Waals surface area contributed by atoms with E-state index in [-0.39, 0.29) is 0 Å². The van der Waals surface area contributed by atoms with Crippen molar-refractivity contribution < 1.29 is 23.2 Å². The van der Waals surface area contributed by atoms with Crippen molar-refractivity contribution in [2.75, 3.05) is 0 Å². The van der Waals surface area contributed by atoms with Crippen molar-refractivity contribution in [1.29, 1.82) is 0 Å². The van der Waals surface area contributed by atoms with E-state index in [4.69, 9.17) is 0 Å². The van der Waals surface area contributed by atoms with Crippen LogP contribution in [0.25, 0.3) is 5.31 Å². The van der Waals surface area contributed by atoms with Crippen LogP contribution in [0.1, 0.15) is 40.9 Å². The third-order valence-electron chi connectivity index (χ3n) is 6.30. The maximum absolute atomic E-state index is 2.47. The van der Waals surface area contributed by atoms with Crippen LogP contribution in [-0.2, 0) is 23.2 Å². The standard InChI is InChI=1S/C16H14P.C9H11.Zr/c1-12-11-13-7-5-6-10-15(13)16(12)17-14-8-3-2-4-9-14;1-2-5-9-7-3-6-8(9)4-1;/h2-11,17H,1H3;1-2,4,6,9H,3,5,7H2;. The Morgan fingerprint density at radius 1 is 0.963 bits per heavy atom. The molecule has 0 N–H and O–H groups in total. The molecule has 2 aromatic carbocycles. The second-order valence-electron chi connectivity index (χ2n) is 7.89. The molecule has 0 nitrogen and oxygen atoms in total. The summed E-state index contributed by atoms with van der Waals surface area (Å²) in [5, 5.41) is 3.10. The Morgan fingerprint density at radius 2 is 1.78 bits per heavy atom. The summed E-state index contributed by atoms with van der Waals surface area (Å²) in [6.07, 6.45) is 11.3. The van der Waals surface area contributed by atoms with Gasteiger partial charge in [0.05, 0.1) is 0 Å². The number of fused-ring (bicyclic) bond motifs is 2. The summed E-state index contributed by atoms with van der Waals surface area (Å²) >= 11 is -0.576. The summed E-state index contributed by atoms with van der Waals surface area (Å²) in [4.78, 5) is 0. The summed E-state index contributed by atoms with van der Waals surface area (Å²) in [7, 11) is 0.786. The van der Waals surface area contributed by atoms with Crippen LogP contribution in [0.3, 0.4) is 0 Å². The minimum atomic E-state index is -0.576. The van der Waals surface area contributed by atoms with Gasteiger partial charge in [0.1, 0.15) is 0 Å². The molecule has 0 saturated heterocycles. The van der Waals surface area contributed by atoms with Gasteiger partial charge in [0, 0.05) is 0 Å². The third-order valence-corrected chi connectivity index (χ3v) is 13.0. The van der Waals surface area contributed by atoms with Crippen LogP contribution >= 0.6 is 8.58 Å². The molecule has 0 heterocycles. The third kappa shape index (κ3) is 3.43. The van der Waals surface area contributed by atoms with E-state index < -0.39 is 23.2 Å². The van der Waals surface area contributed by atoms with Gasteiger partial charge in [-0.25, -0.2) is 0 Å². The van der Waals surface area contributed by atoms with Gasteiger partial charge in [-0.15, -0.1) is 0 Å². The minimum absolute atomic E-state index is 0.576. The van der Waals surface area contributed by atoms with Crippen LogP contribution in [0.5, 0.6) is 0 Å². The number of benzene rings is 2. The second-order valence-corrected chi connectivity index (χ2v) is 13.2. The molecule has 1 saturated carbocycles. The normalized spacial score (nSPS) is 26.4. The van der Waals surface area contributed by atoms with Gasteiger partial charge in [0.25, 0.3) is 0 Å². The molecule has 0 amide bonds. The van der Waals surface area contributed by atoms with Gasteiger partial charge in [-0.3, -0.25) is 0 Å². The number of allylic oxidation sites excluding steroid dienone is 5. The quantitative estimate of drug-likeness (QED) is 0.461. The molecule has 3 aliphatic rings. The summed E-state index contributed by atoms with van der Waals surface area (Å²) in [6, 6.07) is 20.3. The Labute approximate surface area is 176 Å². The number of hydrogen-bond acceptors (Lipinski definition) is 0. The zero-order valence-corrected chi connectivity index (χ0v) is 19.2. The monoisotopic (exact) mass is 446 g/mol. The van der Waals surface area contributed by atoms with Crippen molar-refractivity contribution >= 4 is 19.2 Å². The fourth-order valence-electron chi connectivity index (χ4n) is 4.91. The number of hydrogen-bond donors (Lipinski definition) is 0. The fourth-order valence-corrected chi connectivity index (χ4v) is 11.7. The van der Waals surface area contributed by atoms with E-state index in [1.165, 1.54) is 24.6 Å². The Kier molecular flexibility index (Phi) is 5.19. The van der Waals surface area contributed by atoms with Crippen LogP contribution in [0.4, 0.5) is 0 Å². The van der Waals surface area contributed by atoms with E-state index in [0.717, 1.165) is 21.8 Å². The van der Waals surface area contributed by atoms with Gasteiger partial charge in [-0.1, -0.05) is 0 Å². The molecule has 27 heavy (non-hydrogen) atoms. The molecule has 0 aromatic heterocycles. The van der Waals surface area contributed by atoms with E-state index in [2.05, 4.69) is 79.7 Å². The zero-order chi connectivity index (χ0) is 18.2. The van der Waals surface area contributed by atoms with E-state index >= 15 is 0 Å². The Hall–Kier alpha value is -1.03. The van der Waals surface area contributed by atoms with E-state index in [1.807, 2.05) is 5.57 Å². The average molecular weight is 448 g/mol. The fraction of sp³-hybridized carbons (Fsp3) is 0.280. The molecular formula is C25H25PZr. The van der Waals surface area contributed by atoms with Gasteiger partial charge >= 0.3 is 177 Å². The average Bonchev–Trinajstić information content (AvgIpc) is 3.24. The molecule has 4 unspecified atom stereocenters. The van der Waals surface area contributed by atoms with Crippen molar-refractivity contribution in [2.24, 2.45) is 5.92 Å². The molecule has 0 bridgehead atoms.